The van der Waals surface area contributed by atoms with E-state index in [1.54, 1.807) is 24.3 Å². The average Bonchev–Trinajstić information content (AvgIpc) is 2.41. The quantitative estimate of drug-likeness (QED) is 0.809. The summed E-state index contributed by atoms with van der Waals surface area (Å²) in [5.74, 6) is -0.563. The molecule has 3 amide bonds. The number of benzene rings is 2. The molecule has 5 nitrogen and oxygen atoms in total. The van der Waals surface area contributed by atoms with Crippen molar-refractivity contribution in [1.82, 2.24) is 0 Å². The Hall–Kier alpha value is -2.89. The summed E-state index contributed by atoms with van der Waals surface area (Å²) in [6, 6.07) is 11.7. The molecular formula is C15H14FN3O2. The van der Waals surface area contributed by atoms with Crippen molar-refractivity contribution in [3.8, 4) is 0 Å². The fraction of sp³-hybridized carbons (Fsp3) is 0.0667. The smallest absolute Gasteiger partial charge is 0.323 e. The standard InChI is InChI=1S/C15H14FN3O2/c1-10(20)17-13-3-2-4-14(9-13)19-15(21)18-12-7-5-11(16)6-8-12/h2-9H,1H3,(H,17,20)(H2,18,19,21). The molecule has 0 heterocycles. The number of amides is 3. The summed E-state index contributed by atoms with van der Waals surface area (Å²) in [4.78, 5) is 22.8. The van der Waals surface area contributed by atoms with E-state index in [2.05, 4.69) is 16.0 Å². The number of nitrogens with one attached hydrogen (secondary N) is 3. The maximum atomic E-state index is 12.8. The molecule has 21 heavy (non-hydrogen) atoms. The molecule has 0 bridgehead atoms. The second kappa shape index (κ2) is 6.51. The molecule has 2 aromatic carbocycles. The Morgan fingerprint density at radius 2 is 1.43 bits per heavy atom. The molecule has 0 atom stereocenters. The molecule has 3 N–H and O–H groups in total. The molecule has 0 saturated carbocycles. The van der Waals surface area contributed by atoms with Crippen LogP contribution < -0.4 is 16.0 Å². The summed E-state index contributed by atoms with van der Waals surface area (Å²) in [5.41, 5.74) is 1.59. The number of hydrogen-bond acceptors (Lipinski definition) is 2. The minimum absolute atomic E-state index is 0.192. The van der Waals surface area contributed by atoms with E-state index in [1.165, 1.54) is 31.2 Å². The van der Waals surface area contributed by atoms with Gasteiger partial charge in [-0.15, -0.1) is 0 Å². The zero-order chi connectivity index (χ0) is 15.2. The van der Waals surface area contributed by atoms with Gasteiger partial charge in [0.05, 0.1) is 0 Å². The van der Waals surface area contributed by atoms with Crippen LogP contribution in [-0.2, 0) is 4.79 Å². The first kappa shape index (κ1) is 14.5. The molecule has 0 aliphatic carbocycles. The summed E-state index contributed by atoms with van der Waals surface area (Å²) < 4.78 is 12.8. The summed E-state index contributed by atoms with van der Waals surface area (Å²) in [7, 11) is 0. The van der Waals surface area contributed by atoms with Crippen molar-refractivity contribution in [2.24, 2.45) is 0 Å². The molecule has 0 aliphatic heterocycles. The van der Waals surface area contributed by atoms with Crippen molar-refractivity contribution in [1.29, 1.82) is 0 Å². The summed E-state index contributed by atoms with van der Waals surface area (Å²) in [5, 5.41) is 7.82. The van der Waals surface area contributed by atoms with Crippen LogP contribution in [0.5, 0.6) is 0 Å². The third-order valence-electron chi connectivity index (χ3n) is 2.54. The Bertz CT molecular complexity index is 656. The van der Waals surface area contributed by atoms with E-state index < -0.39 is 6.03 Å². The molecule has 0 aromatic heterocycles. The highest BCUT2D eigenvalue weighted by atomic mass is 19.1. The fourth-order valence-electron chi connectivity index (χ4n) is 1.70. The lowest BCUT2D eigenvalue weighted by molar-refractivity contribution is -0.114. The molecule has 2 aromatic rings. The first-order chi connectivity index (χ1) is 10.0. The predicted octanol–water partition coefficient (Wildman–Crippen LogP) is 3.43. The predicted molar refractivity (Wildman–Crippen MR) is 79.8 cm³/mol. The van der Waals surface area contributed by atoms with E-state index in [1.807, 2.05) is 0 Å². The topological polar surface area (TPSA) is 70.2 Å². The maximum absolute atomic E-state index is 12.8. The van der Waals surface area contributed by atoms with Crippen LogP contribution in [0.2, 0.25) is 0 Å². The minimum Gasteiger partial charge on any atom is -0.326 e. The Labute approximate surface area is 121 Å². The molecule has 0 aliphatic rings. The molecule has 2 rings (SSSR count). The van der Waals surface area contributed by atoms with Gasteiger partial charge in [0.25, 0.3) is 0 Å². The number of hydrogen-bond donors (Lipinski definition) is 3. The Balaban J connectivity index is 1.99. The zero-order valence-corrected chi connectivity index (χ0v) is 11.3. The van der Waals surface area contributed by atoms with Gasteiger partial charge in [-0.25, -0.2) is 9.18 Å². The van der Waals surface area contributed by atoms with Gasteiger partial charge in [-0.1, -0.05) is 6.07 Å². The lowest BCUT2D eigenvalue weighted by Crippen LogP contribution is -2.19. The van der Waals surface area contributed by atoms with Crippen molar-refractivity contribution in [3.63, 3.8) is 0 Å². The van der Waals surface area contributed by atoms with Crippen molar-refractivity contribution in [2.45, 2.75) is 6.92 Å². The Morgan fingerprint density at radius 1 is 0.857 bits per heavy atom. The van der Waals surface area contributed by atoms with Gasteiger partial charge in [-0.2, -0.15) is 0 Å². The highest BCUT2D eigenvalue weighted by Crippen LogP contribution is 2.16. The second-order valence-corrected chi connectivity index (χ2v) is 4.35. The summed E-state index contributed by atoms with van der Waals surface area (Å²) in [6.45, 7) is 1.40. The van der Waals surface area contributed by atoms with Gasteiger partial charge in [0, 0.05) is 24.0 Å². The molecule has 6 heteroatoms. The van der Waals surface area contributed by atoms with Crippen LogP contribution in [0, 0.1) is 5.82 Å². The van der Waals surface area contributed by atoms with Crippen LogP contribution in [0.1, 0.15) is 6.92 Å². The minimum atomic E-state index is -0.457. The molecular weight excluding hydrogens is 273 g/mol. The largest absolute Gasteiger partial charge is 0.326 e. The van der Waals surface area contributed by atoms with Crippen LogP contribution in [0.15, 0.2) is 48.5 Å². The lowest BCUT2D eigenvalue weighted by Gasteiger charge is -2.09. The van der Waals surface area contributed by atoms with E-state index in [0.29, 0.717) is 17.1 Å². The van der Waals surface area contributed by atoms with Gasteiger partial charge >= 0.3 is 6.03 Å². The van der Waals surface area contributed by atoms with Gasteiger partial charge in [-0.05, 0) is 42.5 Å². The SMILES string of the molecule is CC(=O)Nc1cccc(NC(=O)Nc2ccc(F)cc2)c1. The number of urea groups is 1. The van der Waals surface area contributed by atoms with Gasteiger partial charge in [-0.3, -0.25) is 4.79 Å². The van der Waals surface area contributed by atoms with E-state index in [-0.39, 0.29) is 11.7 Å². The second-order valence-electron chi connectivity index (χ2n) is 4.35. The monoisotopic (exact) mass is 287 g/mol. The Morgan fingerprint density at radius 3 is 2.05 bits per heavy atom. The summed E-state index contributed by atoms with van der Waals surface area (Å²) in [6.07, 6.45) is 0. The number of anilines is 3. The van der Waals surface area contributed by atoms with E-state index in [4.69, 9.17) is 0 Å². The molecule has 0 fully saturated rings. The van der Waals surface area contributed by atoms with E-state index >= 15 is 0 Å². The van der Waals surface area contributed by atoms with E-state index in [9.17, 15) is 14.0 Å². The van der Waals surface area contributed by atoms with Crippen molar-refractivity contribution in [3.05, 3.63) is 54.3 Å². The zero-order valence-electron chi connectivity index (χ0n) is 11.3. The molecule has 108 valence electrons. The van der Waals surface area contributed by atoms with Crippen LogP contribution in [0.25, 0.3) is 0 Å². The van der Waals surface area contributed by atoms with Crippen molar-refractivity contribution >= 4 is 29.0 Å². The normalized spacial score (nSPS) is 9.81. The third-order valence-corrected chi connectivity index (χ3v) is 2.54. The highest BCUT2D eigenvalue weighted by molar-refractivity contribution is 6.00. The van der Waals surface area contributed by atoms with Crippen molar-refractivity contribution < 1.29 is 14.0 Å². The molecule has 0 radical (unpaired) electrons. The number of halogens is 1. The molecule has 0 spiro atoms. The maximum Gasteiger partial charge on any atom is 0.323 e. The van der Waals surface area contributed by atoms with Gasteiger partial charge in [0.1, 0.15) is 5.82 Å². The van der Waals surface area contributed by atoms with Gasteiger partial charge in [0.2, 0.25) is 5.91 Å². The lowest BCUT2D eigenvalue weighted by atomic mass is 10.2. The number of carbonyl (C=O) groups excluding carboxylic acids is 2. The molecule has 0 saturated heterocycles. The van der Waals surface area contributed by atoms with Crippen LogP contribution in [0.3, 0.4) is 0 Å². The average molecular weight is 287 g/mol. The summed E-state index contributed by atoms with van der Waals surface area (Å²) >= 11 is 0. The van der Waals surface area contributed by atoms with Crippen molar-refractivity contribution in [2.75, 3.05) is 16.0 Å². The fourth-order valence-corrected chi connectivity index (χ4v) is 1.70. The first-order valence-corrected chi connectivity index (χ1v) is 6.24. The Kier molecular flexibility index (Phi) is 4.50. The van der Waals surface area contributed by atoms with Gasteiger partial charge in [0.15, 0.2) is 0 Å². The van der Waals surface area contributed by atoms with E-state index in [0.717, 1.165) is 0 Å². The molecule has 0 unspecified atom stereocenters. The van der Waals surface area contributed by atoms with Crippen LogP contribution in [-0.4, -0.2) is 11.9 Å². The highest BCUT2D eigenvalue weighted by Gasteiger charge is 2.04. The van der Waals surface area contributed by atoms with Gasteiger partial charge < -0.3 is 16.0 Å². The third kappa shape index (κ3) is 4.61. The number of carbonyl (C=O) groups is 2. The van der Waals surface area contributed by atoms with Crippen LogP contribution in [0.4, 0.5) is 26.2 Å². The number of rotatable bonds is 3. The first-order valence-electron chi connectivity index (χ1n) is 6.24. The van der Waals surface area contributed by atoms with Crippen LogP contribution >= 0.6 is 0 Å².